The van der Waals surface area contributed by atoms with E-state index in [4.69, 9.17) is 21.4 Å². The number of furan rings is 1. The Morgan fingerprint density at radius 1 is 1.17 bits per heavy atom. The largest absolute Gasteiger partial charge is 0.497 e. The van der Waals surface area contributed by atoms with Crippen LogP contribution in [0.3, 0.4) is 0 Å². The van der Waals surface area contributed by atoms with Crippen molar-refractivity contribution in [1.29, 1.82) is 0 Å². The molecule has 0 saturated carbocycles. The van der Waals surface area contributed by atoms with Crippen LogP contribution in [0.5, 0.6) is 5.75 Å². The van der Waals surface area contributed by atoms with E-state index in [9.17, 15) is 9.59 Å². The second-order valence-electron chi connectivity index (χ2n) is 8.98. The van der Waals surface area contributed by atoms with E-state index in [2.05, 4.69) is 0 Å². The fourth-order valence-electron chi connectivity index (χ4n) is 5.94. The van der Waals surface area contributed by atoms with Gasteiger partial charge in [-0.05, 0) is 48.8 Å². The molecule has 3 aliphatic heterocycles. The Kier molecular flexibility index (Phi) is 5.16. The average Bonchev–Trinajstić information content (AvgIpc) is 3.66. The third kappa shape index (κ3) is 2.79. The number of thioether (sulfide) groups is 1. The van der Waals surface area contributed by atoms with E-state index in [0.29, 0.717) is 22.4 Å². The molecule has 2 aromatic heterocycles. The van der Waals surface area contributed by atoms with E-state index in [1.807, 2.05) is 53.7 Å². The number of thiocarbonyl (C=S) groups is 1. The molecule has 0 N–H and O–H groups in total. The zero-order chi connectivity index (χ0) is 24.5. The quantitative estimate of drug-likeness (QED) is 0.476. The van der Waals surface area contributed by atoms with Crippen LogP contribution in [0, 0.1) is 0 Å². The maximum atomic E-state index is 14.6. The van der Waals surface area contributed by atoms with Gasteiger partial charge in [0.15, 0.2) is 5.54 Å². The summed E-state index contributed by atoms with van der Waals surface area (Å²) >= 11 is 8.77. The summed E-state index contributed by atoms with van der Waals surface area (Å²) in [5.41, 5.74) is 0.302. The van der Waals surface area contributed by atoms with Gasteiger partial charge in [-0.2, -0.15) is 0 Å². The van der Waals surface area contributed by atoms with Crippen molar-refractivity contribution in [2.45, 2.75) is 22.7 Å². The number of benzene rings is 1. The number of carbonyl (C=O) groups excluding carboxylic acids is 2. The van der Waals surface area contributed by atoms with E-state index in [1.54, 1.807) is 47.6 Å². The van der Waals surface area contributed by atoms with Crippen LogP contribution < -0.4 is 9.64 Å². The fraction of sp³-hybridized carbons (Fsp3) is 0.320. The minimum Gasteiger partial charge on any atom is -0.497 e. The average molecular weight is 526 g/mol. The van der Waals surface area contributed by atoms with Gasteiger partial charge in [-0.15, -0.1) is 11.3 Å². The number of nitrogens with zero attached hydrogens (tertiary/aromatic N) is 3. The Hall–Kier alpha value is -2.66. The monoisotopic (exact) mass is 525 g/mol. The van der Waals surface area contributed by atoms with Crippen LogP contribution in [-0.4, -0.2) is 58.4 Å². The molecular weight excluding hydrogens is 502 g/mol. The predicted molar refractivity (Wildman–Crippen MR) is 140 cm³/mol. The highest BCUT2D eigenvalue weighted by molar-refractivity contribution is 8.25. The normalized spacial score (nSPS) is 28.2. The van der Waals surface area contributed by atoms with Crippen LogP contribution in [0.1, 0.15) is 22.1 Å². The smallest absolute Gasteiger partial charge is 0.254 e. The van der Waals surface area contributed by atoms with Gasteiger partial charge < -0.3 is 14.1 Å². The van der Waals surface area contributed by atoms with E-state index in [1.165, 1.54) is 11.8 Å². The summed E-state index contributed by atoms with van der Waals surface area (Å²) in [6, 6.07) is 13.3. The molecule has 10 heteroatoms. The van der Waals surface area contributed by atoms with Crippen LogP contribution in [-0.2, 0) is 21.7 Å². The van der Waals surface area contributed by atoms with Gasteiger partial charge >= 0.3 is 0 Å². The van der Waals surface area contributed by atoms with Crippen LogP contribution in [0.25, 0.3) is 0 Å². The van der Waals surface area contributed by atoms with Crippen molar-refractivity contribution in [2.75, 3.05) is 32.6 Å². The summed E-state index contributed by atoms with van der Waals surface area (Å²) in [6.45, 7) is 0.762. The second-order valence-corrected chi connectivity index (χ2v) is 11.8. The number of hydrogen-bond acceptors (Lipinski definition) is 8. The Labute approximate surface area is 216 Å². The van der Waals surface area contributed by atoms with Gasteiger partial charge in [0.1, 0.15) is 20.6 Å². The minimum atomic E-state index is -1.25. The van der Waals surface area contributed by atoms with Crippen molar-refractivity contribution in [3.63, 3.8) is 0 Å². The molecule has 3 atom stereocenters. The Morgan fingerprint density at radius 2 is 2.00 bits per heavy atom. The molecule has 1 aromatic carbocycles. The van der Waals surface area contributed by atoms with Crippen molar-refractivity contribution in [3.05, 3.63) is 70.3 Å². The number of anilines is 1. The Balaban J connectivity index is 1.61. The first kappa shape index (κ1) is 22.8. The zero-order valence-corrected chi connectivity index (χ0v) is 21.8. The number of ether oxygens (including phenoxy) is 1. The topological polar surface area (TPSA) is 66.2 Å². The lowest BCUT2D eigenvalue weighted by Crippen LogP contribution is -2.62. The highest BCUT2D eigenvalue weighted by Crippen LogP contribution is 2.67. The summed E-state index contributed by atoms with van der Waals surface area (Å²) in [5, 5.41) is 2.01. The first-order valence-corrected chi connectivity index (χ1v) is 13.2. The zero-order valence-electron chi connectivity index (χ0n) is 19.4. The molecule has 6 rings (SSSR count). The van der Waals surface area contributed by atoms with Gasteiger partial charge in [-0.25, -0.2) is 0 Å². The molecule has 0 radical (unpaired) electrons. The summed E-state index contributed by atoms with van der Waals surface area (Å²) in [5.74, 6) is 0.747. The van der Waals surface area contributed by atoms with Gasteiger partial charge in [0.2, 0.25) is 5.91 Å². The summed E-state index contributed by atoms with van der Waals surface area (Å²) in [7, 11) is 5.31. The first-order valence-electron chi connectivity index (χ1n) is 11.1. The molecule has 7 nitrogen and oxygen atoms in total. The fourth-order valence-corrected chi connectivity index (χ4v) is 9.02. The lowest BCUT2D eigenvalue weighted by molar-refractivity contribution is -0.139. The molecule has 2 fully saturated rings. The number of likely N-dealkylation sites (N-methyl/N-ethyl adjacent to an activating group) is 2. The third-order valence-corrected chi connectivity index (χ3v) is 10.4. The number of amides is 2. The molecule has 5 heterocycles. The van der Waals surface area contributed by atoms with Crippen LogP contribution in [0.15, 0.2) is 58.5 Å². The third-order valence-electron chi connectivity index (χ3n) is 7.44. The Bertz CT molecular complexity index is 1340. The van der Waals surface area contributed by atoms with E-state index in [0.717, 1.165) is 16.1 Å². The van der Waals surface area contributed by atoms with Crippen molar-refractivity contribution in [2.24, 2.45) is 0 Å². The number of hydrogen-bond donors (Lipinski definition) is 0. The lowest BCUT2D eigenvalue weighted by Gasteiger charge is -2.42. The van der Waals surface area contributed by atoms with Crippen LogP contribution in [0.4, 0.5) is 5.69 Å². The predicted octanol–water partition coefficient (Wildman–Crippen LogP) is 4.05. The first-order chi connectivity index (χ1) is 16.9. The van der Waals surface area contributed by atoms with Crippen LogP contribution >= 0.6 is 35.3 Å². The van der Waals surface area contributed by atoms with Gasteiger partial charge in [0.25, 0.3) is 5.91 Å². The summed E-state index contributed by atoms with van der Waals surface area (Å²) < 4.78 is 10.4. The van der Waals surface area contributed by atoms with E-state index < -0.39 is 10.3 Å². The number of carbonyl (C=O) groups is 2. The van der Waals surface area contributed by atoms with Crippen LogP contribution in [0.2, 0.25) is 0 Å². The maximum Gasteiger partial charge on any atom is 0.254 e. The Morgan fingerprint density at radius 3 is 2.69 bits per heavy atom. The number of methoxy groups -OCH3 is 1. The highest BCUT2D eigenvalue weighted by atomic mass is 32.2. The van der Waals surface area contributed by atoms with Crippen molar-refractivity contribution < 1.29 is 18.7 Å². The van der Waals surface area contributed by atoms with Gasteiger partial charge in [-0.1, -0.05) is 30.0 Å². The molecule has 2 saturated heterocycles. The lowest BCUT2D eigenvalue weighted by atomic mass is 9.73. The molecule has 3 aliphatic rings. The van der Waals surface area contributed by atoms with Crippen molar-refractivity contribution in [1.82, 2.24) is 9.80 Å². The molecule has 2 spiro atoms. The number of fused-ring (bicyclic) bond motifs is 3. The van der Waals surface area contributed by atoms with Crippen molar-refractivity contribution in [3.8, 4) is 5.75 Å². The van der Waals surface area contributed by atoms with Crippen molar-refractivity contribution >= 4 is 57.1 Å². The van der Waals surface area contributed by atoms with Gasteiger partial charge in [0, 0.05) is 35.6 Å². The molecule has 0 bridgehead atoms. The maximum absolute atomic E-state index is 14.6. The molecule has 2 amide bonds. The molecule has 0 aliphatic carbocycles. The van der Waals surface area contributed by atoms with Gasteiger partial charge in [0.05, 0.1) is 19.9 Å². The molecule has 180 valence electrons. The van der Waals surface area contributed by atoms with Gasteiger partial charge in [-0.3, -0.25) is 19.4 Å². The summed E-state index contributed by atoms with van der Waals surface area (Å²) in [6.07, 6.45) is 1.58. The second kappa shape index (κ2) is 7.92. The van der Waals surface area contributed by atoms with E-state index in [-0.39, 0.29) is 24.3 Å². The number of likely N-dealkylation sites (tertiary alicyclic amines) is 1. The minimum absolute atomic E-state index is 0.134. The molecule has 1 unspecified atom stereocenters. The van der Waals surface area contributed by atoms with E-state index >= 15 is 0 Å². The molecule has 3 aromatic rings. The molecule has 35 heavy (non-hydrogen) atoms. The number of rotatable bonds is 4. The standard InChI is InChI=1S/C25H23N3O4S3/c1-26-14-18(20-7-5-11-34-20)25(22(30)28(23(33)35-25)13-16-6-4-10-32-16)24(26)17-12-15(31-3)8-9-19(17)27(2)21(24)29/h4-12,18H,13-14H2,1-3H3/t18?,24-,25+/m1/s1. The highest BCUT2D eigenvalue weighted by Gasteiger charge is 2.78. The molecular formula is C25H23N3O4S3. The number of thiophene rings is 1. The SMILES string of the molecule is COc1ccc2c(c1)[C@]1(C(=O)N2C)N(C)CC(c2cccs2)[C@@]12SC(=S)N(Cc1ccco1)C2=O. The summed E-state index contributed by atoms with van der Waals surface area (Å²) in [4.78, 5) is 35.4.